The highest BCUT2D eigenvalue weighted by Gasteiger charge is 2.21. The van der Waals surface area contributed by atoms with E-state index in [2.05, 4.69) is 15.4 Å². The van der Waals surface area contributed by atoms with Gasteiger partial charge in [-0.05, 0) is 55.3 Å². The van der Waals surface area contributed by atoms with Gasteiger partial charge in [-0.15, -0.1) is 0 Å². The number of nitrogens with zero attached hydrogens (tertiary/aromatic N) is 3. The molecule has 0 bridgehead atoms. The molecule has 0 saturated carbocycles. The molecule has 0 spiro atoms. The Balaban J connectivity index is 1.65. The van der Waals surface area contributed by atoms with Crippen molar-refractivity contribution in [3.05, 3.63) is 87.6 Å². The highest BCUT2D eigenvalue weighted by molar-refractivity contribution is 6.00. The fourth-order valence-corrected chi connectivity index (χ4v) is 3.36. The van der Waals surface area contributed by atoms with Crippen LogP contribution in [0.4, 0.5) is 14.5 Å². The monoisotopic (exact) mass is 410 g/mol. The van der Waals surface area contributed by atoms with Crippen molar-refractivity contribution in [1.82, 2.24) is 9.66 Å². The molecule has 1 aromatic heterocycles. The maximum absolute atomic E-state index is 13.7. The predicted octanol–water partition coefficient (Wildman–Crippen LogP) is 3.99. The van der Waals surface area contributed by atoms with E-state index in [0.29, 0.717) is 42.2 Å². The summed E-state index contributed by atoms with van der Waals surface area (Å²) in [7, 11) is 0. The third-order valence-electron chi connectivity index (χ3n) is 5.04. The van der Waals surface area contributed by atoms with Gasteiger partial charge in [0.2, 0.25) is 0 Å². The molecular formula is C22H20F2N4O2. The second-order valence-electron chi connectivity index (χ2n) is 7.27. The number of anilines is 1. The van der Waals surface area contributed by atoms with Crippen molar-refractivity contribution in [1.29, 1.82) is 0 Å². The first-order chi connectivity index (χ1) is 14.4. The molecule has 1 aliphatic rings. The van der Waals surface area contributed by atoms with E-state index < -0.39 is 11.6 Å². The Kier molecular flexibility index (Phi) is 5.31. The Morgan fingerprint density at radius 1 is 1.13 bits per heavy atom. The van der Waals surface area contributed by atoms with Gasteiger partial charge in [0.25, 0.3) is 5.56 Å². The zero-order valence-corrected chi connectivity index (χ0v) is 16.3. The molecule has 6 nitrogen and oxygen atoms in total. The summed E-state index contributed by atoms with van der Waals surface area (Å²) >= 11 is 0. The fourth-order valence-electron chi connectivity index (χ4n) is 3.36. The molecule has 8 heteroatoms. The summed E-state index contributed by atoms with van der Waals surface area (Å²) in [5.41, 5.74) is 1.97. The van der Waals surface area contributed by atoms with Gasteiger partial charge in [-0.25, -0.2) is 13.8 Å². The lowest BCUT2D eigenvalue weighted by atomic mass is 9.99. The second-order valence-corrected chi connectivity index (χ2v) is 7.27. The number of fused-ring (bicyclic) bond motifs is 1. The molecule has 154 valence electrons. The van der Waals surface area contributed by atoms with Crippen molar-refractivity contribution >= 4 is 11.4 Å². The van der Waals surface area contributed by atoms with Crippen LogP contribution in [0.3, 0.4) is 0 Å². The van der Waals surface area contributed by atoms with E-state index in [9.17, 15) is 18.7 Å². The highest BCUT2D eigenvalue weighted by atomic mass is 19.2. The van der Waals surface area contributed by atoms with E-state index in [-0.39, 0.29) is 17.2 Å². The van der Waals surface area contributed by atoms with Gasteiger partial charge in [0, 0.05) is 23.2 Å². The molecule has 2 N–H and O–H groups in total. The Labute approximate surface area is 171 Å². The van der Waals surface area contributed by atoms with Crippen LogP contribution in [0, 0.1) is 11.6 Å². The van der Waals surface area contributed by atoms with Gasteiger partial charge in [0.1, 0.15) is 11.6 Å². The molecule has 2 aromatic carbocycles. The van der Waals surface area contributed by atoms with Crippen LogP contribution in [0.25, 0.3) is 0 Å². The number of benzene rings is 2. The van der Waals surface area contributed by atoms with E-state index >= 15 is 0 Å². The van der Waals surface area contributed by atoms with Gasteiger partial charge in [-0.3, -0.25) is 4.79 Å². The zero-order chi connectivity index (χ0) is 21.3. The van der Waals surface area contributed by atoms with E-state index in [1.807, 2.05) is 6.92 Å². The lowest BCUT2D eigenvalue weighted by Gasteiger charge is -2.13. The summed E-state index contributed by atoms with van der Waals surface area (Å²) in [4.78, 5) is 17.4. The van der Waals surface area contributed by atoms with Gasteiger partial charge < -0.3 is 10.4 Å². The van der Waals surface area contributed by atoms with E-state index in [4.69, 9.17) is 0 Å². The van der Waals surface area contributed by atoms with Crippen molar-refractivity contribution < 1.29 is 13.9 Å². The molecule has 0 amide bonds. The first-order valence-corrected chi connectivity index (χ1v) is 9.60. The normalized spacial score (nSPS) is 15.8. The van der Waals surface area contributed by atoms with Crippen molar-refractivity contribution in [2.24, 2.45) is 5.10 Å². The van der Waals surface area contributed by atoms with Crippen LogP contribution in [-0.2, 0) is 6.54 Å². The number of aromatic nitrogens is 2. The predicted molar refractivity (Wildman–Crippen MR) is 110 cm³/mol. The van der Waals surface area contributed by atoms with Gasteiger partial charge >= 0.3 is 0 Å². The molecule has 4 rings (SSSR count). The van der Waals surface area contributed by atoms with E-state index in [1.54, 1.807) is 24.3 Å². The largest absolute Gasteiger partial charge is 0.508 e. The quantitative estimate of drug-likeness (QED) is 0.638. The minimum atomic E-state index is -0.950. The molecule has 1 atom stereocenters. The first-order valence-electron chi connectivity index (χ1n) is 9.60. The molecule has 3 aromatic rings. The lowest BCUT2D eigenvalue weighted by Crippen LogP contribution is -2.24. The van der Waals surface area contributed by atoms with Crippen LogP contribution >= 0.6 is 0 Å². The molecular weight excluding hydrogens is 390 g/mol. The maximum Gasteiger partial charge on any atom is 0.274 e. The average Bonchev–Trinajstić information content (AvgIpc) is 2.89. The highest BCUT2D eigenvalue weighted by Crippen LogP contribution is 2.24. The Morgan fingerprint density at radius 2 is 1.90 bits per heavy atom. The average molecular weight is 410 g/mol. The van der Waals surface area contributed by atoms with Crippen LogP contribution < -0.4 is 10.9 Å². The molecule has 0 radical (unpaired) electrons. The lowest BCUT2D eigenvalue weighted by molar-refractivity contribution is 0.475. The maximum atomic E-state index is 13.7. The number of phenols is 1. The number of halogens is 2. The summed E-state index contributed by atoms with van der Waals surface area (Å²) in [6, 6.07) is 11.6. The third-order valence-corrected chi connectivity index (χ3v) is 5.04. The van der Waals surface area contributed by atoms with Crippen molar-refractivity contribution in [2.75, 3.05) is 5.32 Å². The smallest absolute Gasteiger partial charge is 0.274 e. The molecule has 2 heterocycles. The summed E-state index contributed by atoms with van der Waals surface area (Å²) < 4.78 is 28.2. The number of phenolic OH excluding ortho intramolecular Hbond substituents is 1. The number of rotatable bonds is 4. The molecule has 0 aliphatic carbocycles. The number of hydrogen-bond donors (Lipinski definition) is 2. The molecule has 1 aliphatic heterocycles. The Morgan fingerprint density at radius 3 is 2.63 bits per heavy atom. The van der Waals surface area contributed by atoms with Crippen LogP contribution in [0.15, 0.2) is 58.4 Å². The standard InChI is InChI=1S/C22H20F2N4O2/c1-13-2-9-20(14-3-8-18(23)19(24)10-14)27-28-21(30)11-16(26-22(13)28)12-25-15-4-6-17(29)7-5-15/h3-8,10-11,13,25,29H,2,9,12H2,1H3. The molecule has 0 saturated heterocycles. The van der Waals surface area contributed by atoms with E-state index in [0.717, 1.165) is 17.8 Å². The molecule has 1 unspecified atom stereocenters. The Hall–Kier alpha value is -3.55. The topological polar surface area (TPSA) is 79.5 Å². The summed E-state index contributed by atoms with van der Waals surface area (Å²) in [6.45, 7) is 2.29. The molecule has 0 fully saturated rings. The van der Waals surface area contributed by atoms with Crippen LogP contribution in [-0.4, -0.2) is 20.5 Å². The summed E-state index contributed by atoms with van der Waals surface area (Å²) in [5.74, 6) is -1.22. The van der Waals surface area contributed by atoms with Gasteiger partial charge in [-0.1, -0.05) is 6.92 Å². The minimum Gasteiger partial charge on any atom is -0.508 e. The summed E-state index contributed by atoms with van der Waals surface area (Å²) in [6.07, 6.45) is 1.18. The Bertz CT molecular complexity index is 1170. The van der Waals surface area contributed by atoms with Crippen molar-refractivity contribution in [2.45, 2.75) is 32.2 Å². The second kappa shape index (κ2) is 8.06. The van der Waals surface area contributed by atoms with Gasteiger partial charge in [0.05, 0.1) is 18.0 Å². The minimum absolute atomic E-state index is 0.0436. The first kappa shape index (κ1) is 19.8. The van der Waals surface area contributed by atoms with Gasteiger partial charge in [-0.2, -0.15) is 9.78 Å². The number of nitrogens with one attached hydrogen (secondary N) is 1. The number of hydrogen-bond acceptors (Lipinski definition) is 5. The van der Waals surface area contributed by atoms with Crippen LogP contribution in [0.5, 0.6) is 5.75 Å². The fraction of sp³-hybridized carbons (Fsp3) is 0.227. The van der Waals surface area contributed by atoms with Crippen molar-refractivity contribution in [3.63, 3.8) is 0 Å². The van der Waals surface area contributed by atoms with E-state index in [1.165, 1.54) is 16.8 Å². The van der Waals surface area contributed by atoms with Gasteiger partial charge in [0.15, 0.2) is 11.6 Å². The SMILES string of the molecule is CC1CCC(c2ccc(F)c(F)c2)=Nn2c1nc(CNc1ccc(O)cc1)cc2=O. The zero-order valence-electron chi connectivity index (χ0n) is 16.3. The summed E-state index contributed by atoms with van der Waals surface area (Å²) in [5, 5.41) is 16.9. The van der Waals surface area contributed by atoms with Crippen LogP contribution in [0.2, 0.25) is 0 Å². The number of aromatic hydroxyl groups is 1. The third kappa shape index (κ3) is 4.07. The molecule has 30 heavy (non-hydrogen) atoms. The van der Waals surface area contributed by atoms with Crippen molar-refractivity contribution in [3.8, 4) is 5.75 Å². The van der Waals surface area contributed by atoms with Crippen LogP contribution in [0.1, 0.15) is 42.8 Å².